The topological polar surface area (TPSA) is 90.6 Å². The first-order valence-corrected chi connectivity index (χ1v) is 5.23. The van der Waals surface area contributed by atoms with Gasteiger partial charge < -0.3 is 14.9 Å². The number of nitriles is 1. The molecule has 2 atom stereocenters. The molecule has 0 aliphatic rings. The first-order chi connectivity index (χ1) is 8.49. The van der Waals surface area contributed by atoms with Crippen LogP contribution in [0.15, 0.2) is 18.2 Å². The summed E-state index contributed by atoms with van der Waals surface area (Å²) in [5.41, 5.74) is -0.0767. The first kappa shape index (κ1) is 14.1. The predicted molar refractivity (Wildman–Crippen MR) is 58.7 cm³/mol. The second kappa shape index (κ2) is 6.10. The van der Waals surface area contributed by atoms with Crippen molar-refractivity contribution < 1.29 is 24.1 Å². The largest absolute Gasteiger partial charge is 0.464 e. The third kappa shape index (κ3) is 3.26. The van der Waals surface area contributed by atoms with Gasteiger partial charge in [0, 0.05) is 0 Å². The number of benzene rings is 1. The monoisotopic (exact) mass is 253 g/mol. The van der Waals surface area contributed by atoms with Gasteiger partial charge in [-0.15, -0.1) is 0 Å². The van der Waals surface area contributed by atoms with Crippen LogP contribution in [0.25, 0.3) is 0 Å². The lowest BCUT2D eigenvalue weighted by atomic mass is 10.0. The summed E-state index contributed by atoms with van der Waals surface area (Å²) >= 11 is 0. The van der Waals surface area contributed by atoms with Gasteiger partial charge in [-0.3, -0.25) is 0 Å². The lowest BCUT2D eigenvalue weighted by Crippen LogP contribution is -2.30. The van der Waals surface area contributed by atoms with E-state index in [9.17, 15) is 19.4 Å². The highest BCUT2D eigenvalue weighted by atomic mass is 19.1. The fourth-order valence-corrected chi connectivity index (χ4v) is 1.39. The molecule has 0 fully saturated rings. The van der Waals surface area contributed by atoms with Gasteiger partial charge in [-0.2, -0.15) is 5.26 Å². The maximum absolute atomic E-state index is 13.1. The van der Waals surface area contributed by atoms with Crippen molar-refractivity contribution in [2.75, 3.05) is 6.61 Å². The van der Waals surface area contributed by atoms with Crippen LogP contribution in [0.2, 0.25) is 0 Å². The molecule has 0 bridgehead atoms. The number of halogens is 1. The molecular formula is C12H12FNO4. The Balaban J connectivity index is 2.96. The Hall–Kier alpha value is -1.97. The van der Waals surface area contributed by atoms with E-state index in [1.807, 2.05) is 0 Å². The number of hydrogen-bond donors (Lipinski definition) is 2. The molecule has 18 heavy (non-hydrogen) atoms. The molecule has 1 rings (SSSR count). The van der Waals surface area contributed by atoms with Crippen LogP contribution in [0, 0.1) is 17.1 Å². The minimum absolute atomic E-state index is 0.0138. The maximum Gasteiger partial charge on any atom is 0.338 e. The smallest absolute Gasteiger partial charge is 0.338 e. The molecule has 0 spiro atoms. The molecule has 0 aliphatic carbocycles. The average Bonchev–Trinajstić information content (AvgIpc) is 2.36. The number of hydrogen-bond acceptors (Lipinski definition) is 5. The third-order valence-corrected chi connectivity index (χ3v) is 2.22. The van der Waals surface area contributed by atoms with E-state index in [1.165, 1.54) is 6.07 Å². The number of esters is 1. The maximum atomic E-state index is 13.1. The highest BCUT2D eigenvalue weighted by Crippen LogP contribution is 2.20. The number of ether oxygens (including phenoxy) is 1. The average molecular weight is 253 g/mol. The Morgan fingerprint density at radius 1 is 1.50 bits per heavy atom. The Kier molecular flexibility index (Phi) is 4.77. The van der Waals surface area contributed by atoms with E-state index in [1.54, 1.807) is 13.0 Å². The van der Waals surface area contributed by atoms with Crippen molar-refractivity contribution in [2.45, 2.75) is 19.1 Å². The molecule has 6 heteroatoms. The number of aliphatic hydroxyl groups is 2. The molecule has 1 aromatic carbocycles. The summed E-state index contributed by atoms with van der Waals surface area (Å²) in [6.45, 7) is 1.60. The Labute approximate surface area is 103 Å². The molecule has 0 aliphatic heterocycles. The zero-order valence-electron chi connectivity index (χ0n) is 9.63. The first-order valence-electron chi connectivity index (χ1n) is 5.23. The molecule has 5 nitrogen and oxygen atoms in total. The standard InChI is InChI=1S/C12H12FNO4/c1-2-18-12(17)11(16)10(15)8-3-7(6-14)4-9(13)5-8/h3-5,10-11,15-16H,2H2,1H3. The molecule has 0 aromatic heterocycles. The highest BCUT2D eigenvalue weighted by Gasteiger charge is 2.27. The Bertz CT molecular complexity index is 483. The lowest BCUT2D eigenvalue weighted by Gasteiger charge is -2.16. The van der Waals surface area contributed by atoms with Crippen molar-refractivity contribution in [1.29, 1.82) is 5.26 Å². The molecule has 2 unspecified atom stereocenters. The lowest BCUT2D eigenvalue weighted by molar-refractivity contribution is -0.159. The quantitative estimate of drug-likeness (QED) is 0.769. The minimum atomic E-state index is -1.82. The van der Waals surface area contributed by atoms with Crippen LogP contribution in [0.1, 0.15) is 24.2 Å². The van der Waals surface area contributed by atoms with Gasteiger partial charge in [-0.25, -0.2) is 9.18 Å². The summed E-state index contributed by atoms with van der Waals surface area (Å²) in [5.74, 6) is -1.74. The SMILES string of the molecule is CCOC(=O)C(O)C(O)c1cc(F)cc(C#N)c1. The van der Waals surface area contributed by atoms with E-state index in [0.717, 1.165) is 12.1 Å². The highest BCUT2D eigenvalue weighted by molar-refractivity contribution is 5.75. The van der Waals surface area contributed by atoms with Crippen molar-refractivity contribution in [2.24, 2.45) is 0 Å². The molecular weight excluding hydrogens is 241 g/mol. The number of carbonyl (C=O) groups is 1. The molecule has 2 N–H and O–H groups in total. The normalized spacial score (nSPS) is 13.5. The zero-order valence-corrected chi connectivity index (χ0v) is 9.63. The zero-order chi connectivity index (χ0) is 13.7. The number of nitrogens with zero attached hydrogens (tertiary/aromatic N) is 1. The summed E-state index contributed by atoms with van der Waals surface area (Å²) in [5, 5.41) is 27.8. The van der Waals surface area contributed by atoms with E-state index in [0.29, 0.717) is 0 Å². The number of carbonyl (C=O) groups excluding carboxylic acids is 1. The molecule has 0 saturated heterocycles. The van der Waals surface area contributed by atoms with E-state index >= 15 is 0 Å². The second-order valence-corrected chi connectivity index (χ2v) is 3.53. The summed E-state index contributed by atoms with van der Waals surface area (Å²) in [7, 11) is 0. The van der Waals surface area contributed by atoms with Crippen LogP contribution in [0.4, 0.5) is 4.39 Å². The van der Waals surface area contributed by atoms with E-state index in [2.05, 4.69) is 4.74 Å². The van der Waals surface area contributed by atoms with Gasteiger partial charge in [-0.1, -0.05) is 0 Å². The van der Waals surface area contributed by atoms with E-state index in [4.69, 9.17) is 5.26 Å². The fraction of sp³-hybridized carbons (Fsp3) is 0.333. The van der Waals surface area contributed by atoms with Gasteiger partial charge in [0.2, 0.25) is 0 Å². The summed E-state index contributed by atoms with van der Waals surface area (Å²) in [6, 6.07) is 4.82. The van der Waals surface area contributed by atoms with Crippen molar-refractivity contribution in [1.82, 2.24) is 0 Å². The van der Waals surface area contributed by atoms with Crippen molar-refractivity contribution >= 4 is 5.97 Å². The summed E-state index contributed by atoms with van der Waals surface area (Å²) in [6.07, 6.45) is -3.47. The predicted octanol–water partition coefficient (Wildman–Crippen LogP) is 0.655. The Morgan fingerprint density at radius 3 is 2.72 bits per heavy atom. The van der Waals surface area contributed by atoms with Gasteiger partial charge in [0.1, 0.15) is 11.9 Å². The van der Waals surface area contributed by atoms with Gasteiger partial charge in [0.25, 0.3) is 0 Å². The van der Waals surface area contributed by atoms with Crippen molar-refractivity contribution in [3.05, 3.63) is 35.1 Å². The van der Waals surface area contributed by atoms with Gasteiger partial charge in [0.15, 0.2) is 6.10 Å². The molecule has 0 amide bonds. The van der Waals surface area contributed by atoms with Gasteiger partial charge in [0.05, 0.1) is 18.2 Å². The van der Waals surface area contributed by atoms with Gasteiger partial charge in [-0.05, 0) is 30.7 Å². The fourth-order valence-electron chi connectivity index (χ4n) is 1.39. The molecule has 0 radical (unpaired) electrons. The molecule has 0 saturated carbocycles. The van der Waals surface area contributed by atoms with Crippen LogP contribution < -0.4 is 0 Å². The van der Waals surface area contributed by atoms with Crippen LogP contribution in [0.5, 0.6) is 0 Å². The number of aliphatic hydroxyl groups excluding tert-OH is 2. The van der Waals surface area contributed by atoms with E-state index in [-0.39, 0.29) is 17.7 Å². The molecule has 1 aromatic rings. The van der Waals surface area contributed by atoms with Crippen LogP contribution in [0.3, 0.4) is 0 Å². The minimum Gasteiger partial charge on any atom is -0.464 e. The van der Waals surface area contributed by atoms with Crippen LogP contribution in [-0.2, 0) is 9.53 Å². The van der Waals surface area contributed by atoms with Crippen LogP contribution >= 0.6 is 0 Å². The summed E-state index contributed by atoms with van der Waals surface area (Å²) < 4.78 is 17.7. The second-order valence-electron chi connectivity index (χ2n) is 3.53. The van der Waals surface area contributed by atoms with Gasteiger partial charge >= 0.3 is 5.97 Å². The van der Waals surface area contributed by atoms with Crippen molar-refractivity contribution in [3.8, 4) is 6.07 Å². The molecule has 0 heterocycles. The Morgan fingerprint density at radius 2 is 2.17 bits per heavy atom. The van der Waals surface area contributed by atoms with E-state index < -0.39 is 24.0 Å². The summed E-state index contributed by atoms with van der Waals surface area (Å²) in [4.78, 5) is 11.2. The van der Waals surface area contributed by atoms with Crippen molar-refractivity contribution in [3.63, 3.8) is 0 Å². The third-order valence-electron chi connectivity index (χ3n) is 2.22. The van der Waals surface area contributed by atoms with Crippen LogP contribution in [-0.4, -0.2) is 28.9 Å². The molecule has 96 valence electrons. The number of rotatable bonds is 4.